The molecule has 0 radical (unpaired) electrons. The second-order valence-electron chi connectivity index (χ2n) is 6.21. The van der Waals surface area contributed by atoms with E-state index in [4.69, 9.17) is 11.2 Å². The van der Waals surface area contributed by atoms with Crippen LogP contribution >= 0.6 is 0 Å². The van der Waals surface area contributed by atoms with Gasteiger partial charge in [0.15, 0.2) is 0 Å². The second kappa shape index (κ2) is 9.52. The van der Waals surface area contributed by atoms with Gasteiger partial charge in [-0.2, -0.15) is 0 Å². The van der Waals surface area contributed by atoms with Gasteiger partial charge < -0.3 is 14.9 Å². The van der Waals surface area contributed by atoms with E-state index >= 15 is 0 Å². The highest BCUT2D eigenvalue weighted by molar-refractivity contribution is 5.81. The van der Waals surface area contributed by atoms with Crippen molar-refractivity contribution in [2.45, 2.75) is 19.8 Å². The largest absolute Gasteiger partial charge is 0.488 e. The fourth-order valence-electron chi connectivity index (χ4n) is 2.78. The average molecular weight is 371 g/mol. The minimum atomic E-state index is -0.216. The molecule has 0 aliphatic rings. The minimum Gasteiger partial charge on any atom is -0.488 e. The summed E-state index contributed by atoms with van der Waals surface area (Å²) >= 11 is 0. The third-order valence-corrected chi connectivity index (χ3v) is 4.23. The Labute approximate surface area is 164 Å². The molecule has 0 aromatic heterocycles. The number of ether oxygens (including phenoxy) is 1. The molecule has 28 heavy (non-hydrogen) atoms. The van der Waals surface area contributed by atoms with E-state index < -0.39 is 0 Å². The first-order valence-corrected chi connectivity index (χ1v) is 8.88. The maximum Gasteiger partial charge on any atom is 0.130 e. The Morgan fingerprint density at radius 1 is 0.929 bits per heavy atom. The minimum absolute atomic E-state index is 0.216. The van der Waals surface area contributed by atoms with Gasteiger partial charge in [0.2, 0.25) is 0 Å². The molecule has 0 bridgehead atoms. The smallest absolute Gasteiger partial charge is 0.130 e. The Morgan fingerprint density at radius 2 is 1.57 bits per heavy atom. The second-order valence-corrected chi connectivity index (χ2v) is 6.21. The van der Waals surface area contributed by atoms with E-state index in [0.29, 0.717) is 29.0 Å². The number of nitrogens with zero attached hydrogens (tertiary/aromatic N) is 1. The van der Waals surface area contributed by atoms with E-state index in [1.165, 1.54) is 0 Å². The molecule has 2 N–H and O–H groups in total. The summed E-state index contributed by atoms with van der Waals surface area (Å²) in [6, 6.07) is 21.0. The maximum atomic E-state index is 9.60. The van der Waals surface area contributed by atoms with Crippen LogP contribution in [0.4, 0.5) is 5.69 Å². The quantitative estimate of drug-likeness (QED) is 0.488. The van der Waals surface area contributed by atoms with E-state index in [-0.39, 0.29) is 13.2 Å². The zero-order valence-corrected chi connectivity index (χ0v) is 15.4. The van der Waals surface area contributed by atoms with Crippen molar-refractivity contribution in [2.24, 2.45) is 4.99 Å². The molecule has 0 heterocycles. The Bertz CT molecular complexity index is 962. The van der Waals surface area contributed by atoms with Crippen LogP contribution < -0.4 is 4.74 Å². The molecule has 3 aromatic rings. The van der Waals surface area contributed by atoms with Gasteiger partial charge in [0.05, 0.1) is 18.9 Å². The molecule has 0 saturated heterocycles. The maximum absolute atomic E-state index is 9.60. The molecule has 0 spiro atoms. The van der Waals surface area contributed by atoms with Gasteiger partial charge in [-0.05, 0) is 35.4 Å². The van der Waals surface area contributed by atoms with Gasteiger partial charge in [-0.15, -0.1) is 6.42 Å². The first kappa shape index (κ1) is 19.4. The zero-order valence-electron chi connectivity index (χ0n) is 15.4. The number of para-hydroxylation sites is 1. The molecule has 0 atom stereocenters. The molecule has 140 valence electrons. The number of aliphatic hydroxyl groups is 2. The molecule has 0 aliphatic heterocycles. The molecule has 0 unspecified atom stereocenters. The fraction of sp³-hybridized carbons (Fsp3) is 0.125. The van der Waals surface area contributed by atoms with E-state index in [1.54, 1.807) is 12.1 Å². The molecular formula is C24H21NO3. The van der Waals surface area contributed by atoms with Gasteiger partial charge >= 0.3 is 0 Å². The Balaban J connectivity index is 1.70. The van der Waals surface area contributed by atoms with Crippen LogP contribution in [0.1, 0.15) is 27.8 Å². The summed E-state index contributed by atoms with van der Waals surface area (Å²) in [7, 11) is 0. The van der Waals surface area contributed by atoms with Crippen LogP contribution in [-0.2, 0) is 19.8 Å². The topological polar surface area (TPSA) is 62.0 Å². The van der Waals surface area contributed by atoms with E-state index in [0.717, 1.165) is 16.8 Å². The van der Waals surface area contributed by atoms with Gasteiger partial charge in [0.1, 0.15) is 12.4 Å². The Hall–Kier alpha value is -3.39. The Kier molecular flexibility index (Phi) is 6.59. The first-order valence-electron chi connectivity index (χ1n) is 8.88. The van der Waals surface area contributed by atoms with Gasteiger partial charge in [-0.25, -0.2) is 0 Å². The van der Waals surface area contributed by atoms with Crippen molar-refractivity contribution < 1.29 is 14.9 Å². The number of hydrogen-bond acceptors (Lipinski definition) is 4. The predicted octanol–water partition coefficient (Wildman–Crippen LogP) is 3.98. The lowest BCUT2D eigenvalue weighted by Gasteiger charge is -2.15. The van der Waals surface area contributed by atoms with Crippen LogP contribution in [0, 0.1) is 12.3 Å². The van der Waals surface area contributed by atoms with E-state index in [9.17, 15) is 10.2 Å². The molecular weight excluding hydrogens is 350 g/mol. The van der Waals surface area contributed by atoms with E-state index in [1.807, 2.05) is 60.8 Å². The molecule has 0 amide bonds. The average Bonchev–Trinajstić information content (AvgIpc) is 2.77. The number of aliphatic imine (C=N–C) groups is 1. The molecule has 0 fully saturated rings. The first-order chi connectivity index (χ1) is 13.7. The van der Waals surface area contributed by atoms with Crippen LogP contribution in [0.25, 0.3) is 0 Å². The van der Waals surface area contributed by atoms with Crippen LogP contribution in [0.5, 0.6) is 5.75 Å². The van der Waals surface area contributed by atoms with Gasteiger partial charge in [0, 0.05) is 22.9 Å². The normalized spacial score (nSPS) is 10.8. The van der Waals surface area contributed by atoms with Crippen molar-refractivity contribution in [1.82, 2.24) is 0 Å². The monoisotopic (exact) mass is 371 g/mol. The van der Waals surface area contributed by atoms with Crippen molar-refractivity contribution >= 4 is 11.9 Å². The Morgan fingerprint density at radius 3 is 2.14 bits per heavy atom. The SMILES string of the molecule is C#Cc1cc(CO)c(OCc2ccc(C=Nc3ccccc3)cc2)c(CO)c1. The number of rotatable bonds is 7. The predicted molar refractivity (Wildman–Crippen MR) is 111 cm³/mol. The summed E-state index contributed by atoms with van der Waals surface area (Å²) in [4.78, 5) is 4.43. The summed E-state index contributed by atoms with van der Waals surface area (Å²) in [5.74, 6) is 2.99. The highest BCUT2D eigenvalue weighted by atomic mass is 16.5. The lowest BCUT2D eigenvalue weighted by molar-refractivity contribution is 0.242. The lowest BCUT2D eigenvalue weighted by atomic mass is 10.0. The number of aliphatic hydroxyl groups excluding tert-OH is 2. The molecule has 3 rings (SSSR count). The van der Waals surface area contributed by atoms with Gasteiger partial charge in [0.25, 0.3) is 0 Å². The van der Waals surface area contributed by atoms with Crippen LogP contribution in [0.15, 0.2) is 71.7 Å². The third kappa shape index (κ3) is 4.86. The van der Waals surface area contributed by atoms with Crippen molar-refractivity contribution in [2.75, 3.05) is 0 Å². The van der Waals surface area contributed by atoms with Crippen molar-refractivity contribution in [3.63, 3.8) is 0 Å². The molecule has 4 heteroatoms. The molecule has 3 aromatic carbocycles. The van der Waals surface area contributed by atoms with Crippen molar-refractivity contribution in [1.29, 1.82) is 0 Å². The molecule has 4 nitrogen and oxygen atoms in total. The molecule has 0 aliphatic carbocycles. The van der Waals surface area contributed by atoms with Gasteiger partial charge in [-0.1, -0.05) is 48.4 Å². The standard InChI is InChI=1S/C24H21NO3/c1-2-18-12-21(15-26)24(22(13-18)16-27)28-17-20-10-8-19(9-11-20)14-25-23-6-4-3-5-7-23/h1,3-14,26-27H,15-17H2. The van der Waals surface area contributed by atoms with Crippen LogP contribution in [-0.4, -0.2) is 16.4 Å². The van der Waals surface area contributed by atoms with Gasteiger partial charge in [-0.3, -0.25) is 4.99 Å². The summed E-state index contributed by atoms with van der Waals surface area (Å²) in [6.07, 6.45) is 7.24. The summed E-state index contributed by atoms with van der Waals surface area (Å²) in [5.41, 5.74) is 4.57. The van der Waals surface area contributed by atoms with Crippen LogP contribution in [0.3, 0.4) is 0 Å². The van der Waals surface area contributed by atoms with Crippen molar-refractivity contribution in [3.05, 3.63) is 94.5 Å². The molecule has 0 saturated carbocycles. The highest BCUT2D eigenvalue weighted by Gasteiger charge is 2.11. The highest BCUT2D eigenvalue weighted by Crippen LogP contribution is 2.27. The summed E-state index contributed by atoms with van der Waals surface area (Å²) in [5, 5.41) is 19.2. The van der Waals surface area contributed by atoms with Crippen molar-refractivity contribution in [3.8, 4) is 18.1 Å². The number of hydrogen-bond donors (Lipinski definition) is 2. The number of benzene rings is 3. The van der Waals surface area contributed by atoms with E-state index in [2.05, 4.69) is 10.9 Å². The summed E-state index contributed by atoms with van der Waals surface area (Å²) in [6.45, 7) is -0.120. The van der Waals surface area contributed by atoms with Crippen LogP contribution in [0.2, 0.25) is 0 Å². The zero-order chi connectivity index (χ0) is 19.8. The number of terminal acetylenes is 1. The summed E-state index contributed by atoms with van der Waals surface area (Å²) < 4.78 is 5.88. The fourth-order valence-corrected chi connectivity index (χ4v) is 2.78. The third-order valence-electron chi connectivity index (χ3n) is 4.23. The lowest BCUT2D eigenvalue weighted by Crippen LogP contribution is -2.03.